The molecule has 0 amide bonds. The van der Waals surface area contributed by atoms with E-state index in [1.807, 2.05) is 0 Å². The SMILES string of the molecule is CC(=O)O.CO[P](=O)([AlH2])OC. The summed E-state index contributed by atoms with van der Waals surface area (Å²) in [4.78, 5) is 9.00. The van der Waals surface area contributed by atoms with Gasteiger partial charge in [0.2, 0.25) is 6.24 Å². The standard InChI is InChI=1S/C2H6O3P.C2H4O2.Al.2H/c1-4-6(3)5-2;1-2(3)4;;;/h1-2H3;1H3,(H,3,4);;;/q+1;;-1;;. The molecule has 0 aliphatic rings. The largest absolute Gasteiger partial charge is 0.481 e. The van der Waals surface area contributed by atoms with Gasteiger partial charge < -0.3 is 14.2 Å². The van der Waals surface area contributed by atoms with Gasteiger partial charge in [0.05, 0.1) is 0 Å². The summed E-state index contributed by atoms with van der Waals surface area (Å²) >= 11 is 0.461. The minimum Gasteiger partial charge on any atom is -0.481 e. The molecular weight excluding hydrogens is 186 g/mol. The average Bonchev–Trinajstić information content (AvgIpc) is 1.87. The maximum Gasteiger partial charge on any atom is 0.403 e. The van der Waals surface area contributed by atoms with Crippen LogP contribution in [0.25, 0.3) is 0 Å². The van der Waals surface area contributed by atoms with E-state index in [-0.39, 0.29) is 0 Å². The second-order valence-electron chi connectivity index (χ2n) is 1.66. The Bertz CT molecular complexity index is 147. The summed E-state index contributed by atoms with van der Waals surface area (Å²) in [6.07, 6.45) is -2.52. The number of carbonyl (C=O) groups is 1. The van der Waals surface area contributed by atoms with E-state index in [1.165, 1.54) is 14.2 Å². The Morgan fingerprint density at radius 2 is 1.64 bits per heavy atom. The van der Waals surface area contributed by atoms with Crippen LogP contribution in [0.1, 0.15) is 6.92 Å². The molecule has 0 heterocycles. The molecule has 0 aromatic carbocycles. The first-order chi connectivity index (χ1) is 4.85. The van der Waals surface area contributed by atoms with Gasteiger partial charge in [-0.3, -0.25) is 9.36 Å². The molecule has 0 saturated heterocycles. The van der Waals surface area contributed by atoms with E-state index in [4.69, 9.17) is 9.90 Å². The lowest BCUT2D eigenvalue weighted by molar-refractivity contribution is -0.134. The van der Waals surface area contributed by atoms with Gasteiger partial charge in [0.15, 0.2) is 0 Å². The minimum absolute atomic E-state index is 0.461. The quantitative estimate of drug-likeness (QED) is 0.503. The highest BCUT2D eigenvalue weighted by molar-refractivity contribution is 7.79. The summed E-state index contributed by atoms with van der Waals surface area (Å²) in [5.41, 5.74) is 0. The zero-order valence-corrected chi connectivity index (χ0v) is 9.92. The molecule has 7 heteroatoms. The fraction of sp³-hybridized carbons (Fsp3) is 0.750. The van der Waals surface area contributed by atoms with Crippen molar-refractivity contribution in [2.45, 2.75) is 6.92 Å². The molecule has 66 valence electrons. The summed E-state index contributed by atoms with van der Waals surface area (Å²) in [6.45, 7) is 1.08. The third-order valence-corrected chi connectivity index (χ3v) is 4.18. The lowest BCUT2D eigenvalue weighted by atomic mass is 10.9. The summed E-state index contributed by atoms with van der Waals surface area (Å²) in [5.74, 6) is -0.833. The van der Waals surface area contributed by atoms with Crippen LogP contribution in [0.4, 0.5) is 0 Å². The lowest BCUT2D eigenvalue weighted by Gasteiger charge is -2.06. The first kappa shape index (κ1) is 13.7. The molecule has 0 aliphatic heterocycles. The maximum absolute atomic E-state index is 10.6. The van der Waals surface area contributed by atoms with E-state index < -0.39 is 12.2 Å². The van der Waals surface area contributed by atoms with Crippen LogP contribution in [0.2, 0.25) is 0 Å². The van der Waals surface area contributed by atoms with Crippen molar-refractivity contribution in [3.05, 3.63) is 0 Å². The molecular formula is C4H12AlO5P. The van der Waals surface area contributed by atoms with Crippen molar-refractivity contribution in [2.24, 2.45) is 0 Å². The van der Waals surface area contributed by atoms with Crippen LogP contribution >= 0.6 is 6.24 Å². The molecule has 0 spiro atoms. The fourth-order valence-electron chi connectivity index (χ4n) is 0.0745. The molecule has 0 aromatic heterocycles. The van der Waals surface area contributed by atoms with Crippen molar-refractivity contribution >= 4 is 28.1 Å². The first-order valence-electron chi connectivity index (χ1n) is 2.74. The molecule has 5 nitrogen and oxygen atoms in total. The fourth-order valence-corrected chi connectivity index (χ4v) is 0.224. The van der Waals surface area contributed by atoms with Crippen LogP contribution in [0.5, 0.6) is 0 Å². The van der Waals surface area contributed by atoms with E-state index in [0.29, 0.717) is 15.8 Å². The van der Waals surface area contributed by atoms with Crippen molar-refractivity contribution in [1.29, 1.82) is 0 Å². The Kier molecular flexibility index (Phi) is 8.53. The van der Waals surface area contributed by atoms with Gasteiger partial charge in [-0.2, -0.15) is 0 Å². The number of rotatable bonds is 2. The highest BCUT2D eigenvalue weighted by Gasteiger charge is 2.08. The molecule has 1 N–H and O–H groups in total. The molecule has 0 unspecified atom stereocenters. The zero-order chi connectivity index (χ0) is 9.49. The van der Waals surface area contributed by atoms with Crippen molar-refractivity contribution in [2.75, 3.05) is 14.2 Å². The van der Waals surface area contributed by atoms with Crippen molar-refractivity contribution < 1.29 is 23.5 Å². The molecule has 0 aromatic rings. The molecule has 0 fully saturated rings. The van der Waals surface area contributed by atoms with Crippen LogP contribution < -0.4 is 0 Å². The predicted molar refractivity (Wildman–Crippen MR) is 43.5 cm³/mol. The Hall–Kier alpha value is 0.152. The number of aliphatic carboxylic acids is 1. The Balaban J connectivity index is 0. The van der Waals surface area contributed by atoms with Crippen LogP contribution in [0.3, 0.4) is 0 Å². The second kappa shape index (κ2) is 6.84. The summed E-state index contributed by atoms with van der Waals surface area (Å²) in [5, 5.41) is 7.42. The van der Waals surface area contributed by atoms with Gasteiger partial charge >= 0.3 is 15.8 Å². The van der Waals surface area contributed by atoms with Crippen LogP contribution in [-0.2, 0) is 18.4 Å². The van der Waals surface area contributed by atoms with Crippen molar-refractivity contribution in [3.63, 3.8) is 0 Å². The molecule has 0 radical (unpaired) electrons. The van der Waals surface area contributed by atoms with E-state index >= 15 is 0 Å². The molecule has 11 heavy (non-hydrogen) atoms. The van der Waals surface area contributed by atoms with E-state index in [1.54, 1.807) is 0 Å². The van der Waals surface area contributed by atoms with E-state index in [9.17, 15) is 4.57 Å². The predicted octanol–water partition coefficient (Wildman–Crippen LogP) is 0.111. The molecule has 0 atom stereocenters. The van der Waals surface area contributed by atoms with Crippen molar-refractivity contribution in [3.8, 4) is 0 Å². The molecule has 0 saturated carbocycles. The van der Waals surface area contributed by atoms with E-state index in [2.05, 4.69) is 9.05 Å². The highest BCUT2D eigenvalue weighted by atomic mass is 31.4. The minimum atomic E-state index is -2.52. The third kappa shape index (κ3) is 17.8. The van der Waals surface area contributed by atoms with Gasteiger partial charge in [-0.05, 0) is 0 Å². The zero-order valence-electron chi connectivity index (χ0n) is 7.03. The van der Waals surface area contributed by atoms with Gasteiger partial charge in [-0.15, -0.1) is 0 Å². The topological polar surface area (TPSA) is 72.8 Å². The van der Waals surface area contributed by atoms with Crippen molar-refractivity contribution in [1.82, 2.24) is 0 Å². The van der Waals surface area contributed by atoms with Gasteiger partial charge in [0.25, 0.3) is 5.97 Å². The lowest BCUT2D eigenvalue weighted by Crippen LogP contribution is -1.84. The molecule has 0 bridgehead atoms. The number of carboxylic acid groups (broad SMARTS) is 1. The highest BCUT2D eigenvalue weighted by Crippen LogP contribution is 2.39. The molecule has 0 aliphatic carbocycles. The summed E-state index contributed by atoms with van der Waals surface area (Å²) in [6, 6.07) is 0. The average molecular weight is 198 g/mol. The third-order valence-electron chi connectivity index (χ3n) is 0.663. The second-order valence-corrected chi connectivity index (χ2v) is 7.21. The Labute approximate surface area is 73.2 Å². The Morgan fingerprint density at radius 3 is 1.64 bits per heavy atom. The maximum atomic E-state index is 10.6. The number of hydrogen-bond donors (Lipinski definition) is 1. The van der Waals surface area contributed by atoms with Gasteiger partial charge in [0, 0.05) is 21.1 Å². The van der Waals surface area contributed by atoms with E-state index in [0.717, 1.165) is 6.92 Å². The number of carboxylic acids is 1. The van der Waals surface area contributed by atoms with Crippen LogP contribution in [-0.4, -0.2) is 41.1 Å². The molecule has 0 rings (SSSR count). The monoisotopic (exact) mass is 198 g/mol. The number of hydrogen-bond acceptors (Lipinski definition) is 4. The van der Waals surface area contributed by atoms with Gasteiger partial charge in [-0.25, -0.2) is 0 Å². The first-order valence-corrected chi connectivity index (χ1v) is 7.41. The van der Waals surface area contributed by atoms with Gasteiger partial charge in [-0.1, -0.05) is 0 Å². The summed E-state index contributed by atoms with van der Waals surface area (Å²) in [7, 11) is 2.77. The Morgan fingerprint density at radius 1 is 1.45 bits per heavy atom. The van der Waals surface area contributed by atoms with Gasteiger partial charge in [0.1, 0.15) is 0 Å². The van der Waals surface area contributed by atoms with Crippen LogP contribution in [0.15, 0.2) is 0 Å². The smallest absolute Gasteiger partial charge is 0.403 e. The normalized spacial score (nSPS) is 9.73. The summed E-state index contributed by atoms with van der Waals surface area (Å²) < 4.78 is 19.5. The van der Waals surface area contributed by atoms with Crippen LogP contribution in [0, 0.1) is 0 Å².